The zero-order valence-corrected chi connectivity index (χ0v) is 7.01. The highest BCUT2D eigenvalue weighted by Crippen LogP contribution is 2.07. The van der Waals surface area contributed by atoms with Gasteiger partial charge in [0, 0.05) is 0 Å². The zero-order valence-electron chi connectivity index (χ0n) is 7.01. The molecule has 0 fully saturated rings. The fraction of sp³-hybridized carbons (Fsp3) is 0.500. The first kappa shape index (κ1) is 9.48. The number of hydrogen-bond acceptors (Lipinski definition) is 0. The second-order valence-electron chi connectivity index (χ2n) is 2.48. The van der Waals surface area contributed by atoms with Crippen molar-refractivity contribution in [3.63, 3.8) is 0 Å². The van der Waals surface area contributed by atoms with E-state index in [2.05, 4.69) is 31.2 Å². The maximum atomic E-state index is 4.01. The van der Waals surface area contributed by atoms with Gasteiger partial charge in [0.05, 0.1) is 0 Å². The van der Waals surface area contributed by atoms with E-state index in [-0.39, 0.29) is 0 Å². The van der Waals surface area contributed by atoms with Gasteiger partial charge in [-0.05, 0) is 39.5 Å². The Bertz CT molecular complexity index is 95.2. The van der Waals surface area contributed by atoms with Crippen LogP contribution in [-0.2, 0) is 0 Å². The molecule has 0 aliphatic rings. The molecule has 0 nitrogen and oxygen atoms in total. The highest BCUT2D eigenvalue weighted by molar-refractivity contribution is 4.86. The molecule has 0 atom stereocenters. The lowest BCUT2D eigenvalue weighted by Gasteiger charge is -2.02. The summed E-state index contributed by atoms with van der Waals surface area (Å²) < 4.78 is 0. The van der Waals surface area contributed by atoms with Gasteiger partial charge in [-0.3, -0.25) is 0 Å². The van der Waals surface area contributed by atoms with Crippen LogP contribution in [-0.4, -0.2) is 0 Å². The van der Waals surface area contributed by atoms with Gasteiger partial charge >= 0.3 is 0 Å². The molecule has 0 aliphatic carbocycles. The lowest BCUT2D eigenvalue weighted by molar-refractivity contribution is 0.670. The monoisotopic (exact) mass is 137 g/mol. The van der Waals surface area contributed by atoms with Crippen LogP contribution in [0.1, 0.15) is 26.7 Å². The molecule has 0 spiro atoms. The predicted molar refractivity (Wildman–Crippen MR) is 47.7 cm³/mol. The summed E-state index contributed by atoms with van der Waals surface area (Å²) in [5.74, 6) is 0.549. The van der Waals surface area contributed by atoms with Crippen LogP contribution in [0.15, 0.2) is 24.3 Å². The van der Waals surface area contributed by atoms with E-state index in [4.69, 9.17) is 0 Å². The smallest absolute Gasteiger partial charge is 0.0319 e. The minimum atomic E-state index is 0.549. The number of allylic oxidation sites excluding steroid dienone is 4. The highest BCUT2D eigenvalue weighted by Gasteiger charge is 1.93. The maximum absolute atomic E-state index is 4.01. The number of hydrogen-bond donors (Lipinski definition) is 0. The van der Waals surface area contributed by atoms with Gasteiger partial charge in [-0.25, -0.2) is 0 Å². The van der Waals surface area contributed by atoms with E-state index in [0.29, 0.717) is 5.92 Å². The second-order valence-corrected chi connectivity index (χ2v) is 2.48. The Hall–Kier alpha value is -0.520. The largest absolute Gasteiger partial charge is 0.0917 e. The van der Waals surface area contributed by atoms with Crippen molar-refractivity contribution >= 4 is 0 Å². The Morgan fingerprint density at radius 1 is 1.10 bits per heavy atom. The molecule has 0 amide bonds. The summed E-state index contributed by atoms with van der Waals surface area (Å²) in [6, 6.07) is 0. The molecular weight excluding hydrogens is 120 g/mol. The van der Waals surface area contributed by atoms with Crippen LogP contribution in [0.25, 0.3) is 0 Å². The molecule has 1 radical (unpaired) electrons. The summed E-state index contributed by atoms with van der Waals surface area (Å²) in [4.78, 5) is 0. The van der Waals surface area contributed by atoms with Crippen LogP contribution in [0.5, 0.6) is 0 Å². The molecule has 0 bridgehead atoms. The van der Waals surface area contributed by atoms with Gasteiger partial charge in [0.1, 0.15) is 0 Å². The molecule has 0 aliphatic heterocycles. The molecule has 0 saturated carbocycles. The van der Waals surface area contributed by atoms with Crippen molar-refractivity contribution in [1.82, 2.24) is 0 Å². The van der Waals surface area contributed by atoms with E-state index < -0.39 is 0 Å². The van der Waals surface area contributed by atoms with E-state index in [1.54, 1.807) is 0 Å². The molecule has 0 unspecified atom stereocenters. The summed E-state index contributed by atoms with van der Waals surface area (Å²) in [5.41, 5.74) is 0. The van der Waals surface area contributed by atoms with Crippen molar-refractivity contribution in [2.75, 3.05) is 0 Å². The van der Waals surface area contributed by atoms with Crippen LogP contribution in [0.2, 0.25) is 0 Å². The van der Waals surface area contributed by atoms with Crippen LogP contribution in [0, 0.1) is 12.8 Å². The van der Waals surface area contributed by atoms with Crippen molar-refractivity contribution in [2.24, 2.45) is 5.92 Å². The molecule has 0 saturated heterocycles. The molecule has 0 heteroatoms. The second kappa shape index (κ2) is 6.60. The van der Waals surface area contributed by atoms with E-state index in [1.165, 1.54) is 0 Å². The molecule has 0 N–H and O–H groups in total. The average molecular weight is 137 g/mol. The van der Waals surface area contributed by atoms with Crippen LogP contribution >= 0.6 is 0 Å². The summed E-state index contributed by atoms with van der Waals surface area (Å²) in [6.07, 6.45) is 10.7. The SMILES string of the molecule is [CH2]C(CC=CC)CC=CC. The summed E-state index contributed by atoms with van der Waals surface area (Å²) in [6.45, 7) is 8.10. The summed E-state index contributed by atoms with van der Waals surface area (Å²) in [5, 5.41) is 0. The van der Waals surface area contributed by atoms with E-state index >= 15 is 0 Å². The van der Waals surface area contributed by atoms with E-state index in [1.807, 2.05) is 13.8 Å². The van der Waals surface area contributed by atoms with E-state index in [0.717, 1.165) is 12.8 Å². The first-order valence-electron chi connectivity index (χ1n) is 3.86. The van der Waals surface area contributed by atoms with Crippen LogP contribution < -0.4 is 0 Å². The minimum Gasteiger partial charge on any atom is -0.0917 e. The fourth-order valence-corrected chi connectivity index (χ4v) is 0.753. The van der Waals surface area contributed by atoms with Gasteiger partial charge in [0.2, 0.25) is 0 Å². The van der Waals surface area contributed by atoms with Crippen LogP contribution in [0.4, 0.5) is 0 Å². The Balaban J connectivity index is 3.33. The molecule has 57 valence electrons. The quantitative estimate of drug-likeness (QED) is 0.521. The minimum absolute atomic E-state index is 0.549. The topological polar surface area (TPSA) is 0 Å². The van der Waals surface area contributed by atoms with Gasteiger partial charge in [-0.15, -0.1) is 0 Å². The third kappa shape index (κ3) is 5.61. The molecule has 0 aromatic heterocycles. The standard InChI is InChI=1S/C10H17/c1-4-6-8-10(3)9-7-5-2/h4-7,10H,3,8-9H2,1-2H3. The fourth-order valence-electron chi connectivity index (χ4n) is 0.753. The Labute approximate surface area is 64.6 Å². The third-order valence-corrected chi connectivity index (χ3v) is 1.41. The third-order valence-electron chi connectivity index (χ3n) is 1.41. The first-order chi connectivity index (χ1) is 4.81. The summed E-state index contributed by atoms with van der Waals surface area (Å²) >= 11 is 0. The highest BCUT2D eigenvalue weighted by atomic mass is 14.0. The Kier molecular flexibility index (Phi) is 6.25. The van der Waals surface area contributed by atoms with Gasteiger partial charge in [-0.2, -0.15) is 0 Å². The lowest BCUT2D eigenvalue weighted by Crippen LogP contribution is -1.89. The van der Waals surface area contributed by atoms with Crippen LogP contribution in [0.3, 0.4) is 0 Å². The van der Waals surface area contributed by atoms with Crippen molar-refractivity contribution in [1.29, 1.82) is 0 Å². The normalized spacial score (nSPS) is 15.1. The van der Waals surface area contributed by atoms with Gasteiger partial charge in [0.25, 0.3) is 0 Å². The van der Waals surface area contributed by atoms with Gasteiger partial charge < -0.3 is 0 Å². The molecule has 0 rings (SSSR count). The van der Waals surface area contributed by atoms with E-state index in [9.17, 15) is 0 Å². The average Bonchev–Trinajstić information content (AvgIpc) is 1.97. The van der Waals surface area contributed by atoms with Crippen molar-refractivity contribution < 1.29 is 0 Å². The number of rotatable bonds is 4. The Morgan fingerprint density at radius 2 is 1.50 bits per heavy atom. The molecule has 0 heterocycles. The summed E-state index contributed by atoms with van der Waals surface area (Å²) in [7, 11) is 0. The Morgan fingerprint density at radius 3 is 1.80 bits per heavy atom. The first-order valence-corrected chi connectivity index (χ1v) is 3.86. The molecule has 10 heavy (non-hydrogen) atoms. The van der Waals surface area contributed by atoms with Gasteiger partial charge in [0.15, 0.2) is 0 Å². The predicted octanol–water partition coefficient (Wildman–Crippen LogP) is 3.37. The van der Waals surface area contributed by atoms with Gasteiger partial charge in [-0.1, -0.05) is 24.3 Å². The van der Waals surface area contributed by atoms with Crippen molar-refractivity contribution in [2.45, 2.75) is 26.7 Å². The maximum Gasteiger partial charge on any atom is -0.0319 e. The zero-order chi connectivity index (χ0) is 7.82. The molecular formula is C10H17. The van der Waals surface area contributed by atoms with Crippen molar-refractivity contribution in [3.05, 3.63) is 31.2 Å². The lowest BCUT2D eigenvalue weighted by atomic mass is 10.0. The van der Waals surface area contributed by atoms with Crippen molar-refractivity contribution in [3.8, 4) is 0 Å². The molecule has 0 aromatic rings. The molecule has 0 aromatic carbocycles.